The molecule has 0 amide bonds. The monoisotopic (exact) mass is 421 g/mol. The largest absolute Gasteiger partial charge is 0.275 e. The number of hydrogen-bond donors (Lipinski definition) is 1. The van der Waals surface area contributed by atoms with Crippen LogP contribution in [0.4, 0.5) is 10.1 Å². The number of para-hydroxylation sites is 1. The Labute approximate surface area is 133 Å². The molecule has 3 nitrogen and oxygen atoms in total. The topological polar surface area (TPSA) is 46.2 Å². The van der Waals surface area contributed by atoms with E-state index in [1.54, 1.807) is 19.1 Å². The number of rotatable bonds is 3. The van der Waals surface area contributed by atoms with Gasteiger partial charge in [0, 0.05) is 8.95 Å². The van der Waals surface area contributed by atoms with Gasteiger partial charge in [0.2, 0.25) is 0 Å². The lowest BCUT2D eigenvalue weighted by Crippen LogP contribution is -2.14. The van der Waals surface area contributed by atoms with Gasteiger partial charge in [-0.1, -0.05) is 22.0 Å². The first-order chi connectivity index (χ1) is 9.31. The molecule has 2 aromatic rings. The Bertz CT molecular complexity index is 743. The molecule has 0 aliphatic rings. The molecule has 0 aliphatic carbocycles. The van der Waals surface area contributed by atoms with Crippen molar-refractivity contribution in [3.05, 3.63) is 56.7 Å². The zero-order valence-corrected chi connectivity index (χ0v) is 14.3. The lowest BCUT2D eigenvalue weighted by atomic mass is 10.2. The minimum atomic E-state index is -3.84. The fourth-order valence-corrected chi connectivity index (χ4v) is 3.57. The van der Waals surface area contributed by atoms with Crippen molar-refractivity contribution in [2.75, 3.05) is 4.72 Å². The maximum Gasteiger partial charge on any atom is 0.262 e. The Balaban J connectivity index is 2.43. The van der Waals surface area contributed by atoms with Crippen molar-refractivity contribution < 1.29 is 12.8 Å². The summed E-state index contributed by atoms with van der Waals surface area (Å²) in [6, 6.07) is 8.85. The van der Waals surface area contributed by atoms with Gasteiger partial charge in [0.1, 0.15) is 5.82 Å². The summed E-state index contributed by atoms with van der Waals surface area (Å²) in [5, 5.41) is 0. The maximum absolute atomic E-state index is 13.7. The molecule has 0 aliphatic heterocycles. The molecule has 0 radical (unpaired) electrons. The number of aryl methyl sites for hydroxylation is 1. The maximum atomic E-state index is 13.7. The van der Waals surface area contributed by atoms with Gasteiger partial charge in [-0.05, 0) is 58.7 Å². The van der Waals surface area contributed by atoms with E-state index in [0.717, 1.165) is 10.0 Å². The minimum absolute atomic E-state index is 0.0772. The molecule has 7 heteroatoms. The van der Waals surface area contributed by atoms with Crippen LogP contribution in [0, 0.1) is 12.7 Å². The normalized spacial score (nSPS) is 11.4. The van der Waals surface area contributed by atoms with Crippen LogP contribution >= 0.6 is 31.9 Å². The lowest BCUT2D eigenvalue weighted by Gasteiger charge is -2.11. The fourth-order valence-electron chi connectivity index (χ4n) is 1.57. The van der Waals surface area contributed by atoms with Crippen LogP contribution in [0.3, 0.4) is 0 Å². The first-order valence-electron chi connectivity index (χ1n) is 5.54. The first kappa shape index (κ1) is 15.5. The molecule has 0 atom stereocenters. The summed E-state index contributed by atoms with van der Waals surface area (Å²) in [4.78, 5) is 0.0772. The van der Waals surface area contributed by atoms with Crippen molar-refractivity contribution in [2.24, 2.45) is 0 Å². The van der Waals surface area contributed by atoms with Crippen LogP contribution in [0.15, 0.2) is 50.2 Å². The Hall–Kier alpha value is -0.920. The number of halogens is 3. The highest BCUT2D eigenvalue weighted by atomic mass is 79.9. The molecule has 0 bridgehead atoms. The van der Waals surface area contributed by atoms with Gasteiger partial charge in [0.25, 0.3) is 10.0 Å². The quantitative estimate of drug-likeness (QED) is 0.793. The van der Waals surface area contributed by atoms with E-state index in [1.165, 1.54) is 24.3 Å². The molecule has 1 N–H and O–H groups in total. The van der Waals surface area contributed by atoms with Crippen molar-refractivity contribution in [3.63, 3.8) is 0 Å². The molecule has 106 valence electrons. The van der Waals surface area contributed by atoms with Gasteiger partial charge in [-0.3, -0.25) is 4.72 Å². The van der Waals surface area contributed by atoms with Gasteiger partial charge in [0.05, 0.1) is 10.6 Å². The van der Waals surface area contributed by atoms with E-state index < -0.39 is 15.8 Å². The number of benzene rings is 2. The smallest absolute Gasteiger partial charge is 0.262 e. The zero-order valence-electron chi connectivity index (χ0n) is 10.3. The average Bonchev–Trinajstić information content (AvgIpc) is 2.37. The second-order valence-electron chi connectivity index (χ2n) is 4.11. The molecule has 0 heterocycles. The van der Waals surface area contributed by atoms with E-state index in [4.69, 9.17) is 0 Å². The minimum Gasteiger partial charge on any atom is -0.275 e. The predicted octanol–water partition coefficient (Wildman–Crippen LogP) is 4.46. The number of hydrogen-bond acceptors (Lipinski definition) is 2. The van der Waals surface area contributed by atoms with Crippen LogP contribution in [0.2, 0.25) is 0 Å². The van der Waals surface area contributed by atoms with Crippen LogP contribution in [0.5, 0.6) is 0 Å². The van der Waals surface area contributed by atoms with Gasteiger partial charge < -0.3 is 0 Å². The SMILES string of the molecule is Cc1cc(S(=O)(=O)Nc2c(F)cccc2Br)ccc1Br. The standard InChI is InChI=1S/C13H10Br2FNO2S/c1-8-7-9(5-6-10(8)14)20(18,19)17-13-11(15)3-2-4-12(13)16/h2-7,17H,1H3. The summed E-state index contributed by atoms with van der Waals surface area (Å²) in [6.45, 7) is 1.78. The van der Waals surface area contributed by atoms with E-state index in [-0.39, 0.29) is 10.6 Å². The molecule has 0 spiro atoms. The Morgan fingerprint density at radius 3 is 2.40 bits per heavy atom. The van der Waals surface area contributed by atoms with E-state index >= 15 is 0 Å². The first-order valence-corrected chi connectivity index (χ1v) is 8.61. The Morgan fingerprint density at radius 2 is 1.80 bits per heavy atom. The van der Waals surface area contributed by atoms with Gasteiger partial charge in [-0.25, -0.2) is 12.8 Å². The van der Waals surface area contributed by atoms with Crippen molar-refractivity contribution in [1.82, 2.24) is 0 Å². The number of nitrogens with one attached hydrogen (secondary N) is 1. The van der Waals surface area contributed by atoms with E-state index in [1.807, 2.05) is 0 Å². The highest BCUT2D eigenvalue weighted by Crippen LogP contribution is 2.28. The number of sulfonamides is 1. The Kier molecular flexibility index (Phi) is 4.51. The third-order valence-corrected chi connectivity index (χ3v) is 5.54. The third kappa shape index (κ3) is 3.21. The molecule has 2 aromatic carbocycles. The van der Waals surface area contributed by atoms with Crippen molar-refractivity contribution >= 4 is 47.6 Å². The van der Waals surface area contributed by atoms with Crippen LogP contribution in [-0.4, -0.2) is 8.42 Å². The number of anilines is 1. The predicted molar refractivity (Wildman–Crippen MR) is 83.8 cm³/mol. The molecular formula is C13H10Br2FNO2S. The van der Waals surface area contributed by atoms with Crippen molar-refractivity contribution in [1.29, 1.82) is 0 Å². The van der Waals surface area contributed by atoms with Crippen LogP contribution in [0.25, 0.3) is 0 Å². The van der Waals surface area contributed by atoms with Crippen LogP contribution in [0.1, 0.15) is 5.56 Å². The molecule has 0 fully saturated rings. The summed E-state index contributed by atoms with van der Waals surface area (Å²) < 4.78 is 41.6. The third-order valence-electron chi connectivity index (χ3n) is 2.64. The molecule has 0 saturated carbocycles. The van der Waals surface area contributed by atoms with E-state index in [2.05, 4.69) is 36.6 Å². The van der Waals surface area contributed by atoms with Crippen molar-refractivity contribution in [3.8, 4) is 0 Å². The van der Waals surface area contributed by atoms with E-state index in [0.29, 0.717) is 4.47 Å². The lowest BCUT2D eigenvalue weighted by molar-refractivity contribution is 0.598. The van der Waals surface area contributed by atoms with Gasteiger partial charge in [-0.15, -0.1) is 0 Å². The molecular weight excluding hydrogens is 413 g/mol. The van der Waals surface area contributed by atoms with Crippen molar-refractivity contribution in [2.45, 2.75) is 11.8 Å². The molecule has 0 aromatic heterocycles. The molecule has 0 unspecified atom stereocenters. The van der Waals surface area contributed by atoms with E-state index in [9.17, 15) is 12.8 Å². The van der Waals surface area contributed by atoms with Gasteiger partial charge >= 0.3 is 0 Å². The highest BCUT2D eigenvalue weighted by molar-refractivity contribution is 9.11. The second kappa shape index (κ2) is 5.83. The molecule has 20 heavy (non-hydrogen) atoms. The van der Waals surface area contributed by atoms with Crippen LogP contribution in [-0.2, 0) is 10.0 Å². The van der Waals surface area contributed by atoms with Gasteiger partial charge in [-0.2, -0.15) is 0 Å². The fraction of sp³-hybridized carbons (Fsp3) is 0.0769. The zero-order chi connectivity index (χ0) is 14.9. The summed E-state index contributed by atoms with van der Waals surface area (Å²) in [5.74, 6) is -0.642. The summed E-state index contributed by atoms with van der Waals surface area (Å²) in [6.07, 6.45) is 0. The van der Waals surface area contributed by atoms with Gasteiger partial charge in [0.15, 0.2) is 0 Å². The Morgan fingerprint density at radius 1 is 1.10 bits per heavy atom. The summed E-state index contributed by atoms with van der Waals surface area (Å²) in [5.41, 5.74) is 0.675. The van der Waals surface area contributed by atoms with Crippen LogP contribution < -0.4 is 4.72 Å². The summed E-state index contributed by atoms with van der Waals surface area (Å²) >= 11 is 6.43. The molecule has 0 saturated heterocycles. The average molecular weight is 423 g/mol. The molecule has 2 rings (SSSR count). The second-order valence-corrected chi connectivity index (χ2v) is 7.50. The summed E-state index contributed by atoms with van der Waals surface area (Å²) in [7, 11) is -3.84. The highest BCUT2D eigenvalue weighted by Gasteiger charge is 2.18.